The molecule has 0 unspecified atom stereocenters. The third-order valence-electron chi connectivity index (χ3n) is 5.55. The first kappa shape index (κ1) is 17.2. The molecule has 0 amide bonds. The summed E-state index contributed by atoms with van der Waals surface area (Å²) >= 11 is 1.76. The van der Waals surface area contributed by atoms with Crippen molar-refractivity contribution in [1.29, 1.82) is 5.26 Å². The van der Waals surface area contributed by atoms with Crippen LogP contribution in [0.5, 0.6) is 0 Å². The van der Waals surface area contributed by atoms with Crippen LogP contribution < -0.4 is 4.90 Å². The number of imidazole rings is 1. The fourth-order valence-corrected chi connectivity index (χ4v) is 4.74. The van der Waals surface area contributed by atoms with Gasteiger partial charge in [0.05, 0.1) is 16.6 Å². The molecule has 3 aromatic heterocycles. The molecule has 1 saturated heterocycles. The summed E-state index contributed by atoms with van der Waals surface area (Å²) in [6, 6.07) is 14.8. The summed E-state index contributed by atoms with van der Waals surface area (Å²) in [7, 11) is 0. The van der Waals surface area contributed by atoms with E-state index < -0.39 is 0 Å². The number of para-hydroxylation sites is 2. The minimum Gasteiger partial charge on any atom is -0.355 e. The Balaban J connectivity index is 1.52. The van der Waals surface area contributed by atoms with Gasteiger partial charge in [-0.05, 0) is 53.1 Å². The Morgan fingerprint density at radius 3 is 2.71 bits per heavy atom. The number of rotatable bonds is 3. The summed E-state index contributed by atoms with van der Waals surface area (Å²) in [4.78, 5) is 9.71. The van der Waals surface area contributed by atoms with Crippen LogP contribution in [0.4, 0.5) is 5.82 Å². The van der Waals surface area contributed by atoms with E-state index in [4.69, 9.17) is 4.98 Å². The maximum absolute atomic E-state index is 9.68. The van der Waals surface area contributed by atoms with Crippen LogP contribution in [0.3, 0.4) is 0 Å². The van der Waals surface area contributed by atoms with Crippen molar-refractivity contribution >= 4 is 33.8 Å². The highest BCUT2D eigenvalue weighted by Crippen LogP contribution is 2.29. The highest BCUT2D eigenvalue weighted by molar-refractivity contribution is 7.07. The zero-order chi connectivity index (χ0) is 19.1. The first-order valence-corrected chi connectivity index (χ1v) is 10.5. The van der Waals surface area contributed by atoms with Crippen LogP contribution >= 0.6 is 11.3 Å². The van der Waals surface area contributed by atoms with Crippen molar-refractivity contribution in [2.75, 3.05) is 31.1 Å². The molecule has 0 aliphatic carbocycles. The van der Waals surface area contributed by atoms with Gasteiger partial charge < -0.3 is 4.90 Å². The lowest BCUT2D eigenvalue weighted by atomic mass is 10.1. The predicted octanol–water partition coefficient (Wildman–Crippen LogP) is 4.05. The van der Waals surface area contributed by atoms with Crippen molar-refractivity contribution in [3.05, 3.63) is 63.8 Å². The minimum atomic E-state index is 0.663. The van der Waals surface area contributed by atoms with Gasteiger partial charge in [0.15, 0.2) is 5.65 Å². The Morgan fingerprint density at radius 1 is 1.14 bits per heavy atom. The smallest absolute Gasteiger partial charge is 0.157 e. The number of anilines is 1. The molecule has 0 spiro atoms. The van der Waals surface area contributed by atoms with E-state index in [9.17, 15) is 5.26 Å². The van der Waals surface area contributed by atoms with E-state index in [2.05, 4.69) is 49.2 Å². The Labute approximate surface area is 168 Å². The quantitative estimate of drug-likeness (QED) is 0.532. The summed E-state index contributed by atoms with van der Waals surface area (Å²) in [6.07, 6.45) is 0. The van der Waals surface area contributed by atoms with Gasteiger partial charge in [0.2, 0.25) is 0 Å². The number of aryl methyl sites for hydroxylation is 1. The molecule has 4 aromatic rings. The number of fused-ring (bicyclic) bond motifs is 3. The van der Waals surface area contributed by atoms with Crippen LogP contribution in [0.15, 0.2) is 47.2 Å². The molecule has 1 aliphatic heterocycles. The van der Waals surface area contributed by atoms with Crippen molar-refractivity contribution < 1.29 is 0 Å². The number of nitrogens with zero attached hydrogens (tertiary/aromatic N) is 5. The molecule has 6 heteroatoms. The number of aromatic nitrogens is 2. The summed E-state index contributed by atoms with van der Waals surface area (Å²) in [5.41, 5.74) is 5.80. The number of piperazine rings is 1. The molecule has 140 valence electrons. The third-order valence-corrected chi connectivity index (χ3v) is 6.28. The average Bonchev–Trinajstić information content (AvgIpc) is 3.35. The van der Waals surface area contributed by atoms with Gasteiger partial charge in [0.25, 0.3) is 0 Å². The molecule has 0 saturated carbocycles. The van der Waals surface area contributed by atoms with E-state index in [0.717, 1.165) is 60.8 Å². The second-order valence-corrected chi connectivity index (χ2v) is 8.11. The topological polar surface area (TPSA) is 47.6 Å². The molecule has 1 fully saturated rings. The molecule has 0 radical (unpaired) electrons. The van der Waals surface area contributed by atoms with Crippen LogP contribution in [0.25, 0.3) is 16.7 Å². The minimum absolute atomic E-state index is 0.663. The van der Waals surface area contributed by atoms with E-state index in [-0.39, 0.29) is 0 Å². The SMILES string of the molecule is Cc1cc(N2CCN(Cc3ccsc3)CC2)n2c(nc3ccccc32)c1C#N. The molecule has 0 N–H and O–H groups in total. The Kier molecular flexibility index (Phi) is 4.27. The van der Waals surface area contributed by atoms with Crippen LogP contribution in [0, 0.1) is 18.3 Å². The molecule has 0 bridgehead atoms. The zero-order valence-electron chi connectivity index (χ0n) is 15.8. The maximum Gasteiger partial charge on any atom is 0.157 e. The normalized spacial score (nSPS) is 15.4. The number of nitriles is 1. The number of hydrogen-bond acceptors (Lipinski definition) is 5. The number of hydrogen-bond donors (Lipinski definition) is 0. The number of benzene rings is 1. The lowest BCUT2D eigenvalue weighted by molar-refractivity contribution is 0.249. The van der Waals surface area contributed by atoms with E-state index in [1.807, 2.05) is 25.1 Å². The molecule has 1 aliphatic rings. The lowest BCUT2D eigenvalue weighted by Gasteiger charge is -2.36. The van der Waals surface area contributed by atoms with E-state index in [1.165, 1.54) is 5.56 Å². The fourth-order valence-electron chi connectivity index (χ4n) is 4.08. The van der Waals surface area contributed by atoms with Gasteiger partial charge in [-0.25, -0.2) is 4.98 Å². The summed E-state index contributed by atoms with van der Waals surface area (Å²) in [5.74, 6) is 1.13. The lowest BCUT2D eigenvalue weighted by Crippen LogP contribution is -2.46. The van der Waals surface area contributed by atoms with Gasteiger partial charge in [-0.15, -0.1) is 0 Å². The van der Waals surface area contributed by atoms with Crippen molar-refractivity contribution in [1.82, 2.24) is 14.3 Å². The molecule has 0 atom stereocenters. The van der Waals surface area contributed by atoms with Crippen molar-refractivity contribution in [3.63, 3.8) is 0 Å². The highest BCUT2D eigenvalue weighted by Gasteiger charge is 2.22. The van der Waals surface area contributed by atoms with Crippen LogP contribution in [-0.2, 0) is 6.54 Å². The summed E-state index contributed by atoms with van der Waals surface area (Å²) in [6.45, 7) is 7.03. The number of pyridine rings is 1. The molecule has 5 nitrogen and oxygen atoms in total. The van der Waals surface area contributed by atoms with Gasteiger partial charge in [0, 0.05) is 32.7 Å². The summed E-state index contributed by atoms with van der Waals surface area (Å²) in [5, 5.41) is 14.1. The molecule has 28 heavy (non-hydrogen) atoms. The van der Waals surface area contributed by atoms with E-state index in [0.29, 0.717) is 5.56 Å². The predicted molar refractivity (Wildman–Crippen MR) is 114 cm³/mol. The van der Waals surface area contributed by atoms with Crippen molar-refractivity contribution in [3.8, 4) is 6.07 Å². The van der Waals surface area contributed by atoms with Gasteiger partial charge >= 0.3 is 0 Å². The first-order chi connectivity index (χ1) is 13.7. The number of thiophene rings is 1. The molecular formula is C22H21N5S. The molecule has 1 aromatic carbocycles. The van der Waals surface area contributed by atoms with Crippen LogP contribution in [0.2, 0.25) is 0 Å². The monoisotopic (exact) mass is 387 g/mol. The fraction of sp³-hybridized carbons (Fsp3) is 0.273. The van der Waals surface area contributed by atoms with Gasteiger partial charge in [-0.1, -0.05) is 12.1 Å². The van der Waals surface area contributed by atoms with E-state index >= 15 is 0 Å². The second-order valence-electron chi connectivity index (χ2n) is 7.33. The van der Waals surface area contributed by atoms with Gasteiger partial charge in [-0.3, -0.25) is 9.30 Å². The Hall–Kier alpha value is -2.88. The standard InChI is InChI=1S/C22H21N5S/c1-16-12-21(26-9-7-25(8-10-26)14-17-6-11-28-15-17)27-20-5-3-2-4-19(20)24-22(27)18(16)13-23/h2-6,11-12,15H,7-10,14H2,1H3. The van der Waals surface area contributed by atoms with Gasteiger partial charge in [0.1, 0.15) is 11.9 Å². The Morgan fingerprint density at radius 2 is 1.96 bits per heavy atom. The average molecular weight is 388 g/mol. The highest BCUT2D eigenvalue weighted by atomic mass is 32.1. The zero-order valence-corrected chi connectivity index (χ0v) is 16.6. The van der Waals surface area contributed by atoms with Crippen LogP contribution in [-0.4, -0.2) is 40.5 Å². The molecular weight excluding hydrogens is 366 g/mol. The molecule has 4 heterocycles. The van der Waals surface area contributed by atoms with Crippen molar-refractivity contribution in [2.24, 2.45) is 0 Å². The summed E-state index contributed by atoms with van der Waals surface area (Å²) < 4.78 is 2.16. The molecule has 5 rings (SSSR count). The second kappa shape index (κ2) is 6.93. The Bertz CT molecular complexity index is 1180. The largest absolute Gasteiger partial charge is 0.355 e. The first-order valence-electron chi connectivity index (χ1n) is 9.54. The van der Waals surface area contributed by atoms with Crippen LogP contribution in [0.1, 0.15) is 16.7 Å². The van der Waals surface area contributed by atoms with E-state index in [1.54, 1.807) is 11.3 Å². The van der Waals surface area contributed by atoms with Crippen molar-refractivity contribution in [2.45, 2.75) is 13.5 Å². The van der Waals surface area contributed by atoms with Gasteiger partial charge in [-0.2, -0.15) is 16.6 Å². The maximum atomic E-state index is 9.68. The third kappa shape index (κ3) is 2.84.